The average Bonchev–Trinajstić information content (AvgIpc) is 2.15. The fourth-order valence-electron chi connectivity index (χ4n) is 1.47. The molecule has 0 radical (unpaired) electrons. The van der Waals surface area contributed by atoms with Crippen LogP contribution >= 0.6 is 0 Å². The summed E-state index contributed by atoms with van der Waals surface area (Å²) in [5.74, 6) is -1.94. The molecule has 1 aromatic rings. The molecule has 0 aromatic heterocycles. The smallest absolute Gasteiger partial charge is 0.335 e. The van der Waals surface area contributed by atoms with Gasteiger partial charge in [0.05, 0.1) is 11.3 Å². The molecule has 0 unspecified atom stereocenters. The van der Waals surface area contributed by atoms with E-state index in [1.165, 1.54) is 19.9 Å². The van der Waals surface area contributed by atoms with Gasteiger partial charge in [0.25, 0.3) is 0 Å². The van der Waals surface area contributed by atoms with Gasteiger partial charge in [0.1, 0.15) is 17.5 Å². The van der Waals surface area contributed by atoms with Crippen molar-refractivity contribution in [1.82, 2.24) is 0 Å². The fourth-order valence-corrected chi connectivity index (χ4v) is 1.47. The average molecular weight is 237 g/mol. The van der Waals surface area contributed by atoms with E-state index >= 15 is 0 Å². The summed E-state index contributed by atoms with van der Waals surface area (Å²) >= 11 is 0. The zero-order valence-corrected chi connectivity index (χ0v) is 9.41. The lowest BCUT2D eigenvalue weighted by Gasteiger charge is -2.22. The Labute approximate surface area is 97.5 Å². The first-order valence-electron chi connectivity index (χ1n) is 4.77. The van der Waals surface area contributed by atoms with Gasteiger partial charge in [-0.15, -0.1) is 0 Å². The second-order valence-corrected chi connectivity index (χ2v) is 3.51. The molecule has 0 spiro atoms. The minimum absolute atomic E-state index is 0.0134. The summed E-state index contributed by atoms with van der Waals surface area (Å²) in [7, 11) is 0. The Balaban J connectivity index is 3.34. The molecule has 0 aliphatic rings. The molecule has 0 aliphatic heterocycles. The number of halogens is 1. The Morgan fingerprint density at radius 3 is 2.18 bits per heavy atom. The first-order chi connectivity index (χ1) is 7.82. The molecule has 17 heavy (non-hydrogen) atoms. The first-order valence-corrected chi connectivity index (χ1v) is 4.77. The van der Waals surface area contributed by atoms with Crippen LogP contribution in [0.4, 0.5) is 10.1 Å². The molecule has 1 rings (SSSR count). The number of carboxylic acid groups (broad SMARTS) is 1. The summed E-state index contributed by atoms with van der Waals surface area (Å²) in [6, 6.07) is 3.20. The molecule has 0 fully saturated rings. The second kappa shape index (κ2) is 4.73. The number of hydrogen-bond donors (Lipinski definition) is 3. The number of carboxylic acids is 1. The SMILES string of the molecule is CC(=N)N(C(C)=N)c1cc(F)cc(C(=O)O)c1. The van der Waals surface area contributed by atoms with E-state index in [1.54, 1.807) is 0 Å². The molecule has 0 saturated carbocycles. The predicted octanol–water partition coefficient (Wildman–Crippen LogP) is 2.32. The Morgan fingerprint density at radius 1 is 1.24 bits per heavy atom. The van der Waals surface area contributed by atoms with Crippen LogP contribution in [0.2, 0.25) is 0 Å². The van der Waals surface area contributed by atoms with Crippen LogP contribution in [0.1, 0.15) is 24.2 Å². The van der Waals surface area contributed by atoms with Crippen molar-refractivity contribution in [3.8, 4) is 0 Å². The lowest BCUT2D eigenvalue weighted by Crippen LogP contribution is -2.32. The minimum atomic E-state index is -1.25. The van der Waals surface area contributed by atoms with E-state index in [9.17, 15) is 9.18 Å². The molecule has 3 N–H and O–H groups in total. The number of amidine groups is 2. The van der Waals surface area contributed by atoms with Crippen molar-refractivity contribution in [2.75, 3.05) is 4.90 Å². The van der Waals surface area contributed by atoms with E-state index < -0.39 is 11.8 Å². The van der Waals surface area contributed by atoms with Crippen LogP contribution in [-0.4, -0.2) is 22.7 Å². The monoisotopic (exact) mass is 237 g/mol. The van der Waals surface area contributed by atoms with Gasteiger partial charge in [-0.2, -0.15) is 0 Å². The highest BCUT2D eigenvalue weighted by molar-refractivity contribution is 6.15. The largest absolute Gasteiger partial charge is 0.478 e. The number of aromatic carboxylic acids is 1. The third-order valence-electron chi connectivity index (χ3n) is 2.06. The molecule has 5 nitrogen and oxygen atoms in total. The van der Waals surface area contributed by atoms with Crippen LogP contribution in [0.15, 0.2) is 18.2 Å². The van der Waals surface area contributed by atoms with Gasteiger partial charge in [0.15, 0.2) is 0 Å². The molecule has 0 heterocycles. The maximum absolute atomic E-state index is 13.2. The molecule has 0 bridgehead atoms. The number of anilines is 1. The van der Waals surface area contributed by atoms with E-state index in [2.05, 4.69) is 0 Å². The van der Waals surface area contributed by atoms with Crippen LogP contribution in [-0.2, 0) is 0 Å². The van der Waals surface area contributed by atoms with Gasteiger partial charge < -0.3 is 5.11 Å². The molecule has 0 saturated heterocycles. The minimum Gasteiger partial charge on any atom is -0.478 e. The van der Waals surface area contributed by atoms with E-state index in [0.29, 0.717) is 0 Å². The van der Waals surface area contributed by atoms with Crippen molar-refractivity contribution in [3.05, 3.63) is 29.6 Å². The quantitative estimate of drug-likeness (QED) is 0.544. The molecule has 1 aromatic carbocycles. The zero-order valence-electron chi connectivity index (χ0n) is 9.41. The highest BCUT2D eigenvalue weighted by Gasteiger charge is 2.15. The Hall–Kier alpha value is -2.24. The summed E-state index contributed by atoms with van der Waals surface area (Å²) in [6.45, 7) is 2.87. The summed E-state index contributed by atoms with van der Waals surface area (Å²) in [6.07, 6.45) is 0. The number of hydrogen-bond acceptors (Lipinski definition) is 3. The van der Waals surface area contributed by atoms with Crippen LogP contribution in [0, 0.1) is 16.6 Å². The van der Waals surface area contributed by atoms with E-state index in [4.69, 9.17) is 15.9 Å². The van der Waals surface area contributed by atoms with Crippen molar-refractivity contribution in [3.63, 3.8) is 0 Å². The van der Waals surface area contributed by atoms with Crippen molar-refractivity contribution < 1.29 is 14.3 Å². The van der Waals surface area contributed by atoms with Crippen LogP contribution in [0.5, 0.6) is 0 Å². The normalized spacial score (nSPS) is 9.82. The molecular formula is C11H12FN3O2. The van der Waals surface area contributed by atoms with E-state index in [0.717, 1.165) is 17.0 Å². The van der Waals surface area contributed by atoms with E-state index in [-0.39, 0.29) is 22.9 Å². The van der Waals surface area contributed by atoms with Gasteiger partial charge >= 0.3 is 5.97 Å². The van der Waals surface area contributed by atoms with Crippen molar-refractivity contribution in [1.29, 1.82) is 10.8 Å². The molecule has 0 amide bonds. The number of nitrogens with one attached hydrogen (secondary N) is 2. The van der Waals surface area contributed by atoms with Crippen LogP contribution in [0.25, 0.3) is 0 Å². The lowest BCUT2D eigenvalue weighted by atomic mass is 10.1. The third kappa shape index (κ3) is 2.87. The summed E-state index contributed by atoms with van der Waals surface area (Å²) in [5, 5.41) is 23.8. The highest BCUT2D eigenvalue weighted by Crippen LogP contribution is 2.19. The fraction of sp³-hybridized carbons (Fsp3) is 0.182. The number of nitrogens with zero attached hydrogens (tertiary/aromatic N) is 1. The second-order valence-electron chi connectivity index (χ2n) is 3.51. The van der Waals surface area contributed by atoms with Crippen molar-refractivity contribution >= 4 is 23.3 Å². The van der Waals surface area contributed by atoms with Crippen molar-refractivity contribution in [2.45, 2.75) is 13.8 Å². The Bertz CT molecular complexity index is 485. The van der Waals surface area contributed by atoms with Crippen LogP contribution in [0.3, 0.4) is 0 Å². The predicted molar refractivity (Wildman–Crippen MR) is 62.6 cm³/mol. The van der Waals surface area contributed by atoms with Gasteiger partial charge in [-0.05, 0) is 32.0 Å². The summed E-state index contributed by atoms with van der Waals surface area (Å²) in [5.41, 5.74) is -0.0603. The van der Waals surface area contributed by atoms with Crippen LogP contribution < -0.4 is 4.90 Å². The molecule has 6 heteroatoms. The lowest BCUT2D eigenvalue weighted by molar-refractivity contribution is 0.0696. The first kappa shape index (κ1) is 12.8. The zero-order chi connectivity index (χ0) is 13.2. The maximum atomic E-state index is 13.2. The molecule has 0 atom stereocenters. The standard InChI is InChI=1S/C11H12FN3O2/c1-6(13)15(7(2)14)10-4-8(11(16)17)3-9(12)5-10/h3-5,13-14H,1-2H3,(H,16,17). The molecule has 0 aliphatic carbocycles. The topological polar surface area (TPSA) is 88.2 Å². The third-order valence-corrected chi connectivity index (χ3v) is 2.06. The molecule has 90 valence electrons. The Kier molecular flexibility index (Phi) is 3.57. The Morgan fingerprint density at radius 2 is 1.76 bits per heavy atom. The number of carbonyl (C=O) groups is 1. The number of benzene rings is 1. The van der Waals surface area contributed by atoms with Crippen molar-refractivity contribution in [2.24, 2.45) is 0 Å². The van der Waals surface area contributed by atoms with E-state index in [1.807, 2.05) is 0 Å². The summed E-state index contributed by atoms with van der Waals surface area (Å²) < 4.78 is 13.2. The highest BCUT2D eigenvalue weighted by atomic mass is 19.1. The maximum Gasteiger partial charge on any atom is 0.335 e. The molecular weight excluding hydrogens is 225 g/mol. The number of rotatable bonds is 2. The van der Waals surface area contributed by atoms with Gasteiger partial charge in [-0.1, -0.05) is 0 Å². The van der Waals surface area contributed by atoms with Gasteiger partial charge in [0.2, 0.25) is 0 Å². The van der Waals surface area contributed by atoms with Gasteiger partial charge in [-0.3, -0.25) is 15.7 Å². The van der Waals surface area contributed by atoms with Gasteiger partial charge in [0, 0.05) is 0 Å². The summed E-state index contributed by atoms with van der Waals surface area (Å²) in [4.78, 5) is 11.9. The van der Waals surface area contributed by atoms with Gasteiger partial charge in [-0.25, -0.2) is 9.18 Å².